The normalized spacial score (nSPS) is 20.9. The van der Waals surface area contributed by atoms with Gasteiger partial charge in [0.25, 0.3) is 0 Å². The van der Waals surface area contributed by atoms with E-state index in [0.717, 1.165) is 30.8 Å². The molecule has 1 aromatic carbocycles. The predicted molar refractivity (Wildman–Crippen MR) is 81.0 cm³/mol. The summed E-state index contributed by atoms with van der Waals surface area (Å²) >= 11 is 5.96. The van der Waals surface area contributed by atoms with Gasteiger partial charge in [-0.05, 0) is 50.4 Å². The first-order chi connectivity index (χ1) is 9.51. The molecule has 0 bridgehead atoms. The minimum Gasteiger partial charge on any atom is -0.396 e. The lowest BCUT2D eigenvalue weighted by atomic mass is 10.1. The zero-order valence-corrected chi connectivity index (χ0v) is 12.7. The molecule has 2 rings (SSSR count). The number of aliphatic hydroxyl groups excluding tert-OH is 1. The molecule has 1 heterocycles. The topological polar surface area (TPSA) is 52.6 Å². The molecule has 0 radical (unpaired) electrons. The van der Waals surface area contributed by atoms with Crippen LogP contribution in [0, 0.1) is 12.8 Å². The molecule has 1 saturated heterocycles. The number of aryl methyl sites for hydroxylation is 1. The highest BCUT2D eigenvalue weighted by Crippen LogP contribution is 2.22. The Balaban J connectivity index is 1.99. The summed E-state index contributed by atoms with van der Waals surface area (Å²) in [5.74, 6) is 0.257. The molecule has 0 aromatic heterocycles. The van der Waals surface area contributed by atoms with Crippen molar-refractivity contribution in [3.8, 4) is 0 Å². The summed E-state index contributed by atoms with van der Waals surface area (Å²) < 4.78 is 0. The van der Waals surface area contributed by atoms with Crippen LogP contribution >= 0.6 is 11.6 Å². The van der Waals surface area contributed by atoms with Gasteiger partial charge in [-0.25, -0.2) is 0 Å². The zero-order chi connectivity index (χ0) is 14.7. The number of likely N-dealkylation sites (tertiary alicyclic amines) is 1. The molecular weight excluding hydrogens is 276 g/mol. The van der Waals surface area contributed by atoms with E-state index in [0.29, 0.717) is 5.02 Å². The SMILES string of the molecule is Cc1ccc(Cl)cc1NC(=O)C(C)N1CCC(CO)C1. The third-order valence-electron chi connectivity index (χ3n) is 3.96. The molecule has 2 N–H and O–H groups in total. The van der Waals surface area contributed by atoms with Crippen molar-refractivity contribution in [2.45, 2.75) is 26.3 Å². The maximum absolute atomic E-state index is 12.3. The number of carbonyl (C=O) groups excluding carboxylic acids is 1. The summed E-state index contributed by atoms with van der Waals surface area (Å²) in [6.45, 7) is 5.66. The fraction of sp³-hybridized carbons (Fsp3) is 0.533. The van der Waals surface area contributed by atoms with Crippen LogP contribution in [0.5, 0.6) is 0 Å². The number of nitrogens with zero attached hydrogens (tertiary/aromatic N) is 1. The second kappa shape index (κ2) is 6.57. The van der Waals surface area contributed by atoms with Crippen LogP contribution in [0.25, 0.3) is 0 Å². The summed E-state index contributed by atoms with van der Waals surface area (Å²) in [5, 5.41) is 12.7. The Hall–Kier alpha value is -1.10. The van der Waals surface area contributed by atoms with Crippen molar-refractivity contribution in [1.29, 1.82) is 0 Å². The molecule has 1 aliphatic rings. The summed E-state index contributed by atoms with van der Waals surface area (Å²) in [6.07, 6.45) is 0.949. The van der Waals surface area contributed by atoms with Crippen molar-refractivity contribution in [2.75, 3.05) is 25.0 Å². The Labute approximate surface area is 124 Å². The van der Waals surface area contributed by atoms with Crippen LogP contribution in [-0.4, -0.2) is 41.7 Å². The second-order valence-electron chi connectivity index (χ2n) is 5.46. The number of benzene rings is 1. The minimum absolute atomic E-state index is 0.0334. The van der Waals surface area contributed by atoms with Gasteiger partial charge in [-0.15, -0.1) is 0 Å². The monoisotopic (exact) mass is 296 g/mol. The smallest absolute Gasteiger partial charge is 0.241 e. The summed E-state index contributed by atoms with van der Waals surface area (Å²) in [5.41, 5.74) is 1.75. The third-order valence-corrected chi connectivity index (χ3v) is 4.20. The van der Waals surface area contributed by atoms with E-state index in [-0.39, 0.29) is 24.5 Å². The van der Waals surface area contributed by atoms with Crippen LogP contribution in [0.2, 0.25) is 5.02 Å². The average Bonchev–Trinajstić information content (AvgIpc) is 2.90. The molecule has 1 aromatic rings. The highest BCUT2D eigenvalue weighted by molar-refractivity contribution is 6.31. The number of rotatable bonds is 4. The van der Waals surface area contributed by atoms with Gasteiger partial charge in [-0.1, -0.05) is 17.7 Å². The highest BCUT2D eigenvalue weighted by atomic mass is 35.5. The summed E-state index contributed by atoms with van der Waals surface area (Å²) in [6, 6.07) is 5.26. The Bertz CT molecular complexity index is 493. The Morgan fingerprint density at radius 3 is 3.00 bits per heavy atom. The number of halogens is 1. The van der Waals surface area contributed by atoms with Crippen molar-refractivity contribution in [3.63, 3.8) is 0 Å². The van der Waals surface area contributed by atoms with E-state index in [4.69, 9.17) is 16.7 Å². The lowest BCUT2D eigenvalue weighted by molar-refractivity contribution is -0.120. The van der Waals surface area contributed by atoms with Crippen LogP contribution in [-0.2, 0) is 4.79 Å². The van der Waals surface area contributed by atoms with E-state index in [1.165, 1.54) is 0 Å². The molecular formula is C15H21ClN2O2. The standard InChI is InChI=1S/C15H21ClN2O2/c1-10-3-4-13(16)7-14(10)17-15(20)11(2)18-6-5-12(8-18)9-19/h3-4,7,11-12,19H,5-6,8-9H2,1-2H3,(H,17,20). The van der Waals surface area contributed by atoms with Gasteiger partial charge in [0.05, 0.1) is 6.04 Å². The number of anilines is 1. The fourth-order valence-electron chi connectivity index (χ4n) is 2.50. The number of hydrogen-bond donors (Lipinski definition) is 2. The summed E-state index contributed by atoms with van der Waals surface area (Å²) in [4.78, 5) is 14.4. The van der Waals surface area contributed by atoms with Gasteiger partial charge in [-0.3, -0.25) is 9.69 Å². The van der Waals surface area contributed by atoms with Crippen LogP contribution in [0.3, 0.4) is 0 Å². The molecule has 5 heteroatoms. The number of hydrogen-bond acceptors (Lipinski definition) is 3. The van der Waals surface area contributed by atoms with E-state index in [1.807, 2.05) is 26.0 Å². The Kier molecular flexibility index (Phi) is 5.02. The van der Waals surface area contributed by atoms with E-state index >= 15 is 0 Å². The van der Waals surface area contributed by atoms with Gasteiger partial charge in [-0.2, -0.15) is 0 Å². The zero-order valence-electron chi connectivity index (χ0n) is 11.9. The van der Waals surface area contributed by atoms with Gasteiger partial charge in [0.15, 0.2) is 0 Å². The number of nitrogens with one attached hydrogen (secondary N) is 1. The van der Waals surface area contributed by atoms with E-state index in [1.54, 1.807) is 6.07 Å². The van der Waals surface area contributed by atoms with Crippen molar-refractivity contribution in [1.82, 2.24) is 4.90 Å². The molecule has 1 amide bonds. The van der Waals surface area contributed by atoms with Crippen LogP contribution in [0.4, 0.5) is 5.69 Å². The molecule has 2 unspecified atom stereocenters. The van der Waals surface area contributed by atoms with Crippen molar-refractivity contribution >= 4 is 23.2 Å². The van der Waals surface area contributed by atoms with Crippen molar-refractivity contribution < 1.29 is 9.90 Å². The first kappa shape index (κ1) is 15.3. The third kappa shape index (κ3) is 3.51. The van der Waals surface area contributed by atoms with Gasteiger partial charge >= 0.3 is 0 Å². The predicted octanol–water partition coefficient (Wildman–Crippen LogP) is 2.29. The Morgan fingerprint density at radius 1 is 1.60 bits per heavy atom. The second-order valence-corrected chi connectivity index (χ2v) is 5.89. The van der Waals surface area contributed by atoms with Crippen LogP contribution in [0.15, 0.2) is 18.2 Å². The lowest BCUT2D eigenvalue weighted by Gasteiger charge is -2.23. The summed E-state index contributed by atoms with van der Waals surface area (Å²) in [7, 11) is 0. The van der Waals surface area contributed by atoms with Gasteiger partial charge in [0.1, 0.15) is 0 Å². The van der Waals surface area contributed by atoms with E-state index in [9.17, 15) is 4.79 Å². The molecule has 0 saturated carbocycles. The first-order valence-corrected chi connectivity index (χ1v) is 7.31. The van der Waals surface area contributed by atoms with Gasteiger partial charge < -0.3 is 10.4 Å². The first-order valence-electron chi connectivity index (χ1n) is 6.93. The molecule has 1 aliphatic heterocycles. The highest BCUT2D eigenvalue weighted by Gasteiger charge is 2.29. The maximum Gasteiger partial charge on any atom is 0.241 e. The van der Waals surface area contributed by atoms with Crippen LogP contribution < -0.4 is 5.32 Å². The maximum atomic E-state index is 12.3. The van der Waals surface area contributed by atoms with Crippen LogP contribution in [0.1, 0.15) is 18.9 Å². The number of amides is 1. The Morgan fingerprint density at radius 2 is 2.35 bits per heavy atom. The number of carbonyl (C=O) groups is 1. The van der Waals surface area contributed by atoms with Gasteiger partial charge in [0.2, 0.25) is 5.91 Å². The van der Waals surface area contributed by atoms with Crippen molar-refractivity contribution in [2.24, 2.45) is 5.92 Å². The molecule has 0 spiro atoms. The minimum atomic E-state index is -0.204. The largest absolute Gasteiger partial charge is 0.396 e. The van der Waals surface area contributed by atoms with Gasteiger partial charge in [0, 0.05) is 23.9 Å². The quantitative estimate of drug-likeness (QED) is 0.896. The molecule has 20 heavy (non-hydrogen) atoms. The number of aliphatic hydroxyl groups is 1. The fourth-order valence-corrected chi connectivity index (χ4v) is 2.67. The van der Waals surface area contributed by atoms with E-state index in [2.05, 4.69) is 10.2 Å². The average molecular weight is 297 g/mol. The molecule has 110 valence electrons. The molecule has 4 nitrogen and oxygen atoms in total. The molecule has 2 atom stereocenters. The molecule has 0 aliphatic carbocycles. The van der Waals surface area contributed by atoms with E-state index < -0.39 is 0 Å². The molecule has 1 fully saturated rings. The van der Waals surface area contributed by atoms with Crippen molar-refractivity contribution in [3.05, 3.63) is 28.8 Å². The lowest BCUT2D eigenvalue weighted by Crippen LogP contribution is -2.41.